The van der Waals surface area contributed by atoms with Crippen LogP contribution >= 0.6 is 11.3 Å². The minimum absolute atomic E-state index is 0.257. The zero-order valence-electron chi connectivity index (χ0n) is 7.32. The minimum Gasteiger partial charge on any atom is -0.294 e. The van der Waals surface area contributed by atoms with Gasteiger partial charge in [-0.1, -0.05) is 6.08 Å². The number of allylic oxidation sites excluding steroid dienone is 2. The molecule has 1 aromatic heterocycles. The Morgan fingerprint density at radius 1 is 1.38 bits per heavy atom. The highest BCUT2D eigenvalue weighted by Gasteiger charge is 2.15. The number of rotatable bonds is 1. The lowest BCUT2D eigenvalue weighted by molar-refractivity contribution is -0.113. The quantitative estimate of drug-likeness (QED) is 0.686. The predicted octanol–water partition coefficient (Wildman–Crippen LogP) is 2.67. The van der Waals surface area contributed by atoms with E-state index < -0.39 is 0 Å². The molecular formula is C10H11NOS. The van der Waals surface area contributed by atoms with Crippen LogP contribution in [0.5, 0.6) is 0 Å². The van der Waals surface area contributed by atoms with Crippen molar-refractivity contribution in [2.75, 3.05) is 0 Å². The Balaban J connectivity index is 2.30. The van der Waals surface area contributed by atoms with Gasteiger partial charge in [-0.25, -0.2) is 4.98 Å². The summed E-state index contributed by atoms with van der Waals surface area (Å²) in [6.07, 6.45) is 7.63. The Kier molecular flexibility index (Phi) is 2.54. The Hall–Kier alpha value is -0.960. The number of nitrogens with zero attached hydrogens (tertiary/aromatic N) is 1. The number of ketones is 1. The van der Waals surface area contributed by atoms with Crippen LogP contribution in [0, 0.1) is 0 Å². The second-order valence-electron chi connectivity index (χ2n) is 3.12. The molecule has 0 atom stereocenters. The van der Waals surface area contributed by atoms with E-state index in [9.17, 15) is 4.79 Å². The zero-order valence-corrected chi connectivity index (χ0v) is 8.14. The highest BCUT2D eigenvalue weighted by Crippen LogP contribution is 2.24. The number of thiazole rings is 1. The SMILES string of the molecule is O=C1CCCCC=C1c1nccs1. The second-order valence-corrected chi connectivity index (χ2v) is 4.02. The number of hydrogen-bond donors (Lipinski definition) is 0. The minimum atomic E-state index is 0.257. The summed E-state index contributed by atoms with van der Waals surface area (Å²) >= 11 is 1.54. The van der Waals surface area contributed by atoms with E-state index in [4.69, 9.17) is 0 Å². The van der Waals surface area contributed by atoms with Crippen molar-refractivity contribution in [3.63, 3.8) is 0 Å². The molecular weight excluding hydrogens is 182 g/mol. The van der Waals surface area contributed by atoms with E-state index in [1.54, 1.807) is 17.5 Å². The van der Waals surface area contributed by atoms with Crippen LogP contribution < -0.4 is 0 Å². The summed E-state index contributed by atoms with van der Waals surface area (Å²) in [6.45, 7) is 0. The molecule has 0 bridgehead atoms. The third kappa shape index (κ3) is 1.86. The highest BCUT2D eigenvalue weighted by atomic mass is 32.1. The van der Waals surface area contributed by atoms with E-state index in [2.05, 4.69) is 4.98 Å². The van der Waals surface area contributed by atoms with Gasteiger partial charge in [0.1, 0.15) is 5.01 Å². The van der Waals surface area contributed by atoms with E-state index in [0.717, 1.165) is 29.8 Å². The molecule has 0 unspecified atom stereocenters. The van der Waals surface area contributed by atoms with Crippen molar-refractivity contribution < 1.29 is 4.79 Å². The van der Waals surface area contributed by atoms with E-state index in [0.29, 0.717) is 6.42 Å². The summed E-state index contributed by atoms with van der Waals surface area (Å²) in [5, 5.41) is 2.79. The van der Waals surface area contributed by atoms with Gasteiger partial charge in [0, 0.05) is 23.6 Å². The molecule has 0 fully saturated rings. The molecule has 0 aromatic carbocycles. The van der Waals surface area contributed by atoms with Crippen LogP contribution in [-0.2, 0) is 4.79 Å². The molecule has 1 aliphatic carbocycles. The van der Waals surface area contributed by atoms with E-state index >= 15 is 0 Å². The van der Waals surface area contributed by atoms with Gasteiger partial charge in [0.25, 0.3) is 0 Å². The Morgan fingerprint density at radius 3 is 3.08 bits per heavy atom. The monoisotopic (exact) mass is 193 g/mol. The average Bonchev–Trinajstić information content (AvgIpc) is 2.56. The molecule has 0 aliphatic heterocycles. The lowest BCUT2D eigenvalue weighted by atomic mass is 10.1. The van der Waals surface area contributed by atoms with Crippen LogP contribution in [0.1, 0.15) is 30.7 Å². The van der Waals surface area contributed by atoms with Crippen molar-refractivity contribution in [1.82, 2.24) is 4.98 Å². The number of Topliss-reactive ketones (excluding diaryl/α,β-unsaturated/α-hetero) is 1. The average molecular weight is 193 g/mol. The normalized spacial score (nSPS) is 18.2. The number of aromatic nitrogens is 1. The fourth-order valence-corrected chi connectivity index (χ4v) is 2.18. The maximum atomic E-state index is 11.6. The second kappa shape index (κ2) is 3.83. The first-order valence-corrected chi connectivity index (χ1v) is 5.39. The van der Waals surface area contributed by atoms with Crippen LogP contribution in [0.15, 0.2) is 17.7 Å². The summed E-state index contributed by atoms with van der Waals surface area (Å²) in [4.78, 5) is 15.8. The summed E-state index contributed by atoms with van der Waals surface area (Å²) in [5.41, 5.74) is 0.840. The van der Waals surface area contributed by atoms with Crippen LogP contribution in [0.2, 0.25) is 0 Å². The van der Waals surface area contributed by atoms with Crippen LogP contribution in [0.4, 0.5) is 0 Å². The van der Waals surface area contributed by atoms with Gasteiger partial charge in [0.2, 0.25) is 0 Å². The van der Waals surface area contributed by atoms with E-state index in [1.807, 2.05) is 11.5 Å². The molecule has 13 heavy (non-hydrogen) atoms. The van der Waals surface area contributed by atoms with E-state index in [-0.39, 0.29) is 5.78 Å². The molecule has 0 radical (unpaired) electrons. The van der Waals surface area contributed by atoms with Crippen LogP contribution in [0.3, 0.4) is 0 Å². The maximum Gasteiger partial charge on any atom is 0.165 e. The smallest absolute Gasteiger partial charge is 0.165 e. The highest BCUT2D eigenvalue weighted by molar-refractivity contribution is 7.11. The predicted molar refractivity (Wildman–Crippen MR) is 53.6 cm³/mol. The van der Waals surface area contributed by atoms with Gasteiger partial charge in [-0.3, -0.25) is 4.79 Å². The molecule has 0 amide bonds. The van der Waals surface area contributed by atoms with E-state index in [1.165, 1.54) is 0 Å². The number of hydrogen-bond acceptors (Lipinski definition) is 3. The first-order chi connectivity index (χ1) is 6.38. The molecule has 68 valence electrons. The van der Waals surface area contributed by atoms with Crippen molar-refractivity contribution in [2.24, 2.45) is 0 Å². The molecule has 0 saturated carbocycles. The topological polar surface area (TPSA) is 30.0 Å². The zero-order chi connectivity index (χ0) is 9.10. The van der Waals surface area contributed by atoms with Crippen LogP contribution in [-0.4, -0.2) is 10.8 Å². The van der Waals surface area contributed by atoms with Gasteiger partial charge in [-0.05, 0) is 19.3 Å². The third-order valence-electron chi connectivity index (χ3n) is 2.17. The fourth-order valence-electron chi connectivity index (χ4n) is 1.49. The van der Waals surface area contributed by atoms with Gasteiger partial charge in [-0.2, -0.15) is 0 Å². The molecule has 0 N–H and O–H groups in total. The Bertz CT molecular complexity index is 327. The maximum absolute atomic E-state index is 11.6. The Labute approximate surface area is 81.3 Å². The van der Waals surface area contributed by atoms with Crippen molar-refractivity contribution in [3.05, 3.63) is 22.7 Å². The molecule has 0 spiro atoms. The summed E-state index contributed by atoms with van der Waals surface area (Å²) in [6, 6.07) is 0. The first kappa shape index (κ1) is 8.63. The van der Waals surface area contributed by atoms with Gasteiger partial charge in [-0.15, -0.1) is 11.3 Å². The summed E-state index contributed by atoms with van der Waals surface area (Å²) in [5.74, 6) is 0.257. The molecule has 1 heterocycles. The molecule has 2 rings (SSSR count). The largest absolute Gasteiger partial charge is 0.294 e. The van der Waals surface area contributed by atoms with Crippen molar-refractivity contribution in [3.8, 4) is 0 Å². The van der Waals surface area contributed by atoms with Gasteiger partial charge >= 0.3 is 0 Å². The Morgan fingerprint density at radius 2 is 2.31 bits per heavy atom. The number of carbonyl (C=O) groups excluding carboxylic acids is 1. The fraction of sp³-hybridized carbons (Fsp3) is 0.400. The summed E-state index contributed by atoms with van der Waals surface area (Å²) < 4.78 is 0. The lowest BCUT2D eigenvalue weighted by Crippen LogP contribution is -1.99. The third-order valence-corrected chi connectivity index (χ3v) is 2.98. The van der Waals surface area contributed by atoms with Crippen molar-refractivity contribution in [1.29, 1.82) is 0 Å². The molecule has 2 nitrogen and oxygen atoms in total. The first-order valence-electron chi connectivity index (χ1n) is 4.51. The lowest BCUT2D eigenvalue weighted by Gasteiger charge is -1.98. The molecule has 0 saturated heterocycles. The molecule has 1 aromatic rings. The standard InChI is InChI=1S/C10H11NOS/c12-9-5-3-1-2-4-8(9)10-11-6-7-13-10/h4,6-7H,1-3,5H2. The van der Waals surface area contributed by atoms with Gasteiger partial charge in [0.05, 0.1) is 0 Å². The molecule has 3 heteroatoms. The van der Waals surface area contributed by atoms with Crippen molar-refractivity contribution >= 4 is 22.7 Å². The molecule has 1 aliphatic rings. The van der Waals surface area contributed by atoms with Gasteiger partial charge in [0.15, 0.2) is 5.78 Å². The summed E-state index contributed by atoms with van der Waals surface area (Å²) in [7, 11) is 0. The van der Waals surface area contributed by atoms with Crippen LogP contribution in [0.25, 0.3) is 5.57 Å². The number of carbonyl (C=O) groups is 1. The van der Waals surface area contributed by atoms with Gasteiger partial charge < -0.3 is 0 Å². The van der Waals surface area contributed by atoms with Crippen molar-refractivity contribution in [2.45, 2.75) is 25.7 Å².